The molecule has 5 nitrogen and oxygen atoms in total. The second-order valence-corrected chi connectivity index (χ2v) is 15.0. The minimum Gasteiger partial charge on any atom is -0.299 e. The van der Waals surface area contributed by atoms with Gasteiger partial charge in [-0.05, 0) is 62.7 Å². The van der Waals surface area contributed by atoms with Crippen LogP contribution in [0.4, 0.5) is 0 Å². The molecule has 0 radical (unpaired) electrons. The van der Waals surface area contributed by atoms with Crippen LogP contribution in [0.1, 0.15) is 22.3 Å². The summed E-state index contributed by atoms with van der Waals surface area (Å²) >= 11 is 0. The highest BCUT2D eigenvalue weighted by Gasteiger charge is 2.51. The lowest BCUT2D eigenvalue weighted by molar-refractivity contribution is 0.794. The van der Waals surface area contributed by atoms with Crippen molar-refractivity contribution >= 4 is 5.65 Å². The number of hydrogen-bond acceptors (Lipinski definition) is 4. The Hall–Kier alpha value is -7.76. The molecule has 0 aliphatic heterocycles. The van der Waals surface area contributed by atoms with Crippen molar-refractivity contribution in [3.8, 4) is 78.9 Å². The largest absolute Gasteiger partial charge is 0.299 e. The highest BCUT2D eigenvalue weighted by atomic mass is 15.0. The predicted octanol–water partition coefficient (Wildman–Crippen LogP) is 12.2. The van der Waals surface area contributed by atoms with Gasteiger partial charge in [0.05, 0.1) is 16.8 Å². The summed E-state index contributed by atoms with van der Waals surface area (Å²) in [5, 5.41) is 0. The van der Waals surface area contributed by atoms with E-state index in [1.54, 1.807) is 0 Å². The van der Waals surface area contributed by atoms with Crippen molar-refractivity contribution in [2.45, 2.75) is 5.41 Å². The Bertz CT molecular complexity index is 3160. The van der Waals surface area contributed by atoms with Gasteiger partial charge in [0.2, 0.25) is 0 Å². The van der Waals surface area contributed by atoms with Crippen LogP contribution in [0.15, 0.2) is 200 Å². The van der Waals surface area contributed by atoms with Crippen molar-refractivity contribution in [2.75, 3.05) is 0 Å². The zero-order valence-corrected chi connectivity index (χ0v) is 31.3. The van der Waals surface area contributed by atoms with Crippen LogP contribution in [0.3, 0.4) is 0 Å². The summed E-state index contributed by atoms with van der Waals surface area (Å²) in [5.74, 6) is 1.88. The van der Waals surface area contributed by atoms with Crippen LogP contribution in [0, 0.1) is 0 Å². The Kier molecular flexibility index (Phi) is 7.07. The van der Waals surface area contributed by atoms with Crippen LogP contribution < -0.4 is 0 Å². The number of fused-ring (bicyclic) bond motifs is 11. The molecular weight excluding hydrogens is 707 g/mol. The molecule has 1 spiro atoms. The molecule has 12 rings (SSSR count). The molecule has 10 aromatic rings. The first-order chi connectivity index (χ1) is 28.8. The topological polar surface area (TPSA) is 56.0 Å². The van der Waals surface area contributed by atoms with Crippen molar-refractivity contribution in [1.82, 2.24) is 24.3 Å². The first kappa shape index (κ1) is 32.5. The van der Waals surface area contributed by atoms with Gasteiger partial charge in [-0.3, -0.25) is 4.40 Å². The van der Waals surface area contributed by atoms with E-state index < -0.39 is 5.41 Å². The van der Waals surface area contributed by atoms with Crippen molar-refractivity contribution in [2.24, 2.45) is 0 Å². The fourth-order valence-electron chi connectivity index (χ4n) is 9.43. The lowest BCUT2D eigenvalue weighted by Gasteiger charge is -2.30. The molecule has 58 heavy (non-hydrogen) atoms. The number of pyridine rings is 1. The van der Waals surface area contributed by atoms with Crippen LogP contribution in [0.5, 0.6) is 0 Å². The van der Waals surface area contributed by atoms with Gasteiger partial charge in [-0.1, -0.05) is 176 Å². The maximum Gasteiger partial charge on any atom is 0.164 e. The number of benzene rings is 7. The third-order valence-corrected chi connectivity index (χ3v) is 11.9. The van der Waals surface area contributed by atoms with E-state index in [0.717, 1.165) is 44.9 Å². The number of nitrogens with zero attached hydrogens (tertiary/aromatic N) is 5. The van der Waals surface area contributed by atoms with Crippen LogP contribution in [0.25, 0.3) is 84.6 Å². The Morgan fingerprint density at radius 1 is 0.328 bits per heavy atom. The van der Waals surface area contributed by atoms with Crippen molar-refractivity contribution < 1.29 is 0 Å². The van der Waals surface area contributed by atoms with Crippen LogP contribution in [-0.2, 0) is 5.41 Å². The highest BCUT2D eigenvalue weighted by molar-refractivity contribution is 5.96. The second kappa shape index (κ2) is 12.6. The van der Waals surface area contributed by atoms with Gasteiger partial charge in [0.15, 0.2) is 17.5 Å². The van der Waals surface area contributed by atoms with Gasteiger partial charge in [0.1, 0.15) is 5.65 Å². The van der Waals surface area contributed by atoms with E-state index in [-0.39, 0.29) is 0 Å². The molecule has 0 atom stereocenters. The lowest BCUT2D eigenvalue weighted by Crippen LogP contribution is -2.25. The molecule has 2 aliphatic carbocycles. The summed E-state index contributed by atoms with van der Waals surface area (Å²) in [6.07, 6.45) is 2.07. The van der Waals surface area contributed by atoms with E-state index >= 15 is 0 Å². The van der Waals surface area contributed by atoms with Gasteiger partial charge < -0.3 is 0 Å². The van der Waals surface area contributed by atoms with E-state index in [4.69, 9.17) is 19.9 Å². The van der Waals surface area contributed by atoms with E-state index in [1.807, 2.05) is 42.5 Å². The van der Waals surface area contributed by atoms with E-state index in [1.165, 1.54) is 44.5 Å². The first-order valence-electron chi connectivity index (χ1n) is 19.6. The lowest BCUT2D eigenvalue weighted by atomic mass is 9.70. The molecule has 270 valence electrons. The summed E-state index contributed by atoms with van der Waals surface area (Å²) in [5.41, 5.74) is 17.6. The summed E-state index contributed by atoms with van der Waals surface area (Å²) < 4.78 is 2.16. The van der Waals surface area contributed by atoms with Crippen LogP contribution >= 0.6 is 0 Å². The molecule has 0 fully saturated rings. The average Bonchev–Trinajstić information content (AvgIpc) is 3.94. The average molecular weight is 740 g/mol. The van der Waals surface area contributed by atoms with Gasteiger partial charge in [-0.2, -0.15) is 0 Å². The molecule has 2 aliphatic rings. The number of aromatic nitrogens is 5. The van der Waals surface area contributed by atoms with Crippen LogP contribution in [0.2, 0.25) is 0 Å². The quantitative estimate of drug-likeness (QED) is 0.176. The third kappa shape index (κ3) is 4.71. The Morgan fingerprint density at radius 2 is 0.776 bits per heavy atom. The fourth-order valence-corrected chi connectivity index (χ4v) is 9.43. The van der Waals surface area contributed by atoms with Gasteiger partial charge in [-0.25, -0.2) is 19.9 Å². The van der Waals surface area contributed by atoms with Crippen molar-refractivity contribution in [3.05, 3.63) is 223 Å². The summed E-state index contributed by atoms with van der Waals surface area (Å²) in [6.45, 7) is 0. The molecule has 0 N–H and O–H groups in total. The van der Waals surface area contributed by atoms with Gasteiger partial charge in [0.25, 0.3) is 0 Å². The van der Waals surface area contributed by atoms with E-state index in [2.05, 4.69) is 162 Å². The maximum absolute atomic E-state index is 5.24. The maximum atomic E-state index is 5.24. The predicted molar refractivity (Wildman–Crippen MR) is 232 cm³/mol. The summed E-state index contributed by atoms with van der Waals surface area (Å²) in [7, 11) is 0. The fraction of sp³-hybridized carbons (Fsp3) is 0.0189. The SMILES string of the molecule is c1ccc(-c2nc(-c3ccc(-c4nc5ccccn5c4-c4ccccc4)cc3)nc(-c3ccc4c(c3)C3(c5ccccc5-c5ccccc53)c3ccccc3-4)n2)cc1. The summed E-state index contributed by atoms with van der Waals surface area (Å²) in [6, 6.07) is 68.6. The minimum absolute atomic E-state index is 0.459. The van der Waals surface area contributed by atoms with E-state index in [9.17, 15) is 0 Å². The van der Waals surface area contributed by atoms with Crippen molar-refractivity contribution in [1.29, 1.82) is 0 Å². The van der Waals surface area contributed by atoms with Gasteiger partial charge in [0, 0.05) is 34.0 Å². The Morgan fingerprint density at radius 3 is 1.38 bits per heavy atom. The molecule has 5 heteroatoms. The monoisotopic (exact) mass is 739 g/mol. The molecule has 0 unspecified atom stereocenters. The zero-order valence-electron chi connectivity index (χ0n) is 31.3. The molecule has 3 aromatic heterocycles. The molecule has 0 bridgehead atoms. The number of imidazole rings is 1. The van der Waals surface area contributed by atoms with Gasteiger partial charge >= 0.3 is 0 Å². The summed E-state index contributed by atoms with van der Waals surface area (Å²) in [4.78, 5) is 20.6. The minimum atomic E-state index is -0.459. The number of rotatable bonds is 5. The Labute approximate surface area is 335 Å². The second-order valence-electron chi connectivity index (χ2n) is 15.0. The zero-order chi connectivity index (χ0) is 38.2. The number of hydrogen-bond donors (Lipinski definition) is 0. The normalized spacial score (nSPS) is 13.0. The molecule has 7 aromatic carbocycles. The molecule has 0 amide bonds. The molecular formula is C53H33N5. The van der Waals surface area contributed by atoms with Gasteiger partial charge in [-0.15, -0.1) is 0 Å². The Balaban J connectivity index is 1.02. The smallest absolute Gasteiger partial charge is 0.164 e. The highest BCUT2D eigenvalue weighted by Crippen LogP contribution is 2.63. The first-order valence-corrected chi connectivity index (χ1v) is 19.6. The standard InChI is InChI=1S/C53H33N5/c1-3-15-35(16-4-1)49-48(54-47-25-13-14-32-58(47)49)34-26-28-37(29-27-34)51-55-50(36-17-5-2-6-18-36)56-52(57-51)38-30-31-42-41-21-9-12-24-45(41)53(46(42)33-38)43-22-10-7-19-39(43)40-20-8-11-23-44(40)53/h1-33H. The van der Waals surface area contributed by atoms with Crippen LogP contribution in [-0.4, -0.2) is 24.3 Å². The molecule has 0 saturated carbocycles. The van der Waals surface area contributed by atoms with Crippen molar-refractivity contribution in [3.63, 3.8) is 0 Å². The third-order valence-electron chi connectivity index (χ3n) is 11.9. The molecule has 0 saturated heterocycles. The van der Waals surface area contributed by atoms with E-state index in [0.29, 0.717) is 17.5 Å². The molecule has 3 heterocycles.